The zero-order valence-electron chi connectivity index (χ0n) is 19.0. The highest BCUT2D eigenvalue weighted by Crippen LogP contribution is 2.32. The van der Waals surface area contributed by atoms with Crippen molar-refractivity contribution in [1.82, 2.24) is 9.66 Å². The van der Waals surface area contributed by atoms with E-state index < -0.39 is 5.97 Å². The van der Waals surface area contributed by atoms with Gasteiger partial charge in [-0.05, 0) is 70.4 Å². The smallest absolute Gasteiger partial charge is 0.335 e. The van der Waals surface area contributed by atoms with Gasteiger partial charge in [0.25, 0.3) is 5.56 Å². The van der Waals surface area contributed by atoms with Gasteiger partial charge in [-0.25, -0.2) is 9.78 Å². The summed E-state index contributed by atoms with van der Waals surface area (Å²) in [7, 11) is 0. The summed E-state index contributed by atoms with van der Waals surface area (Å²) in [6, 6.07) is 15.2. The first-order valence-electron chi connectivity index (χ1n) is 11.0. The third-order valence-corrected chi connectivity index (χ3v) is 6.56. The molecule has 0 saturated heterocycles. The lowest BCUT2D eigenvalue weighted by Crippen LogP contribution is -2.22. The Bertz CT molecular complexity index is 1550. The first-order valence-corrected chi connectivity index (χ1v) is 12.9. The fraction of sp³-hybridized carbons (Fsp3) is 0.154. The summed E-state index contributed by atoms with van der Waals surface area (Å²) in [5, 5.41) is 14.6. The van der Waals surface area contributed by atoms with Crippen molar-refractivity contribution >= 4 is 66.5 Å². The van der Waals surface area contributed by atoms with Gasteiger partial charge in [0.2, 0.25) is 0 Å². The van der Waals surface area contributed by atoms with Crippen LogP contribution in [0.1, 0.15) is 40.7 Å². The van der Waals surface area contributed by atoms with Crippen LogP contribution >= 0.6 is 43.5 Å². The van der Waals surface area contributed by atoms with Gasteiger partial charge in [-0.2, -0.15) is 9.78 Å². The van der Waals surface area contributed by atoms with Crippen LogP contribution in [-0.2, 0) is 13.0 Å². The van der Waals surface area contributed by atoms with Gasteiger partial charge in [-0.1, -0.05) is 46.6 Å². The number of aryl methyl sites for hydroxylation is 1. The van der Waals surface area contributed by atoms with Crippen molar-refractivity contribution in [3.05, 3.63) is 101 Å². The number of hydrogen-bond donors (Lipinski definition) is 1. The van der Waals surface area contributed by atoms with Crippen molar-refractivity contribution in [3.63, 3.8) is 0 Å². The van der Waals surface area contributed by atoms with E-state index in [1.807, 2.05) is 13.0 Å². The summed E-state index contributed by atoms with van der Waals surface area (Å²) in [6.07, 6.45) is 2.86. The standard InChI is InChI=1S/C26H20Br2ClN3O4/c1-2-4-23-31-22-8-7-18(27)11-20(22)25(33)32(23)30-13-17-10-19(29)12-21(28)24(17)36-14-15-5-3-6-16(9-15)26(34)35/h3,5-13H,2,4,14H2,1H3,(H,34,35). The Balaban J connectivity index is 1.73. The Hall–Kier alpha value is -3.01. The second-order valence-corrected chi connectivity index (χ2v) is 10.1. The van der Waals surface area contributed by atoms with E-state index in [2.05, 4.69) is 41.9 Å². The van der Waals surface area contributed by atoms with Crippen molar-refractivity contribution in [2.75, 3.05) is 0 Å². The third kappa shape index (κ3) is 5.86. The van der Waals surface area contributed by atoms with Crippen molar-refractivity contribution in [3.8, 4) is 5.75 Å². The molecule has 0 aliphatic heterocycles. The number of aromatic carboxylic acids is 1. The largest absolute Gasteiger partial charge is 0.487 e. The van der Waals surface area contributed by atoms with E-state index in [1.165, 1.54) is 17.0 Å². The van der Waals surface area contributed by atoms with Gasteiger partial charge in [0.15, 0.2) is 0 Å². The fourth-order valence-corrected chi connectivity index (χ4v) is 4.91. The molecule has 0 saturated carbocycles. The molecule has 4 aromatic rings. The van der Waals surface area contributed by atoms with Gasteiger partial charge in [0.1, 0.15) is 18.2 Å². The van der Waals surface area contributed by atoms with Crippen LogP contribution in [0, 0.1) is 0 Å². The maximum atomic E-state index is 13.3. The highest BCUT2D eigenvalue weighted by Gasteiger charge is 2.13. The molecule has 0 aliphatic rings. The summed E-state index contributed by atoms with van der Waals surface area (Å²) >= 11 is 13.2. The molecule has 0 unspecified atom stereocenters. The minimum absolute atomic E-state index is 0.120. The van der Waals surface area contributed by atoms with Crippen LogP contribution in [-0.4, -0.2) is 27.0 Å². The first kappa shape index (κ1) is 26.1. The summed E-state index contributed by atoms with van der Waals surface area (Å²) in [4.78, 5) is 29.2. The lowest BCUT2D eigenvalue weighted by atomic mass is 10.1. The molecule has 0 aliphatic carbocycles. The molecule has 0 atom stereocenters. The van der Waals surface area contributed by atoms with E-state index in [4.69, 9.17) is 16.3 Å². The topological polar surface area (TPSA) is 93.8 Å². The van der Waals surface area contributed by atoms with Crippen molar-refractivity contribution in [1.29, 1.82) is 0 Å². The van der Waals surface area contributed by atoms with E-state index in [-0.39, 0.29) is 17.7 Å². The first-order chi connectivity index (χ1) is 17.3. The Morgan fingerprint density at radius 3 is 2.75 bits per heavy atom. The number of rotatable bonds is 8. The van der Waals surface area contributed by atoms with Crippen molar-refractivity contribution < 1.29 is 14.6 Å². The average molecular weight is 634 g/mol. The third-order valence-electron chi connectivity index (χ3n) is 5.26. The number of carboxylic acids is 1. The molecule has 0 amide bonds. The number of nitrogens with zero attached hydrogens (tertiary/aromatic N) is 3. The number of hydrogen-bond acceptors (Lipinski definition) is 5. The Kier molecular flexibility index (Phi) is 8.23. The number of benzene rings is 3. The maximum Gasteiger partial charge on any atom is 0.335 e. The maximum absolute atomic E-state index is 13.3. The second-order valence-electron chi connectivity index (χ2n) is 7.90. The number of halogens is 3. The van der Waals surface area contributed by atoms with E-state index in [1.54, 1.807) is 42.5 Å². The summed E-state index contributed by atoms with van der Waals surface area (Å²) in [6.45, 7) is 2.13. The van der Waals surface area contributed by atoms with E-state index in [9.17, 15) is 14.7 Å². The molecule has 0 fully saturated rings. The SMILES string of the molecule is CCCc1nc2ccc(Br)cc2c(=O)n1N=Cc1cc(Cl)cc(Br)c1OCc1cccc(C(=O)O)c1. The molecule has 1 heterocycles. The van der Waals surface area contributed by atoms with Crippen LogP contribution in [0.25, 0.3) is 10.9 Å². The number of ether oxygens (including phenoxy) is 1. The summed E-state index contributed by atoms with van der Waals surface area (Å²) < 4.78 is 8.69. The van der Waals surface area contributed by atoms with Crippen LogP contribution in [0.4, 0.5) is 0 Å². The van der Waals surface area contributed by atoms with Gasteiger partial charge in [0.05, 0.1) is 27.2 Å². The van der Waals surface area contributed by atoms with Crippen LogP contribution < -0.4 is 10.3 Å². The van der Waals surface area contributed by atoms with Crippen molar-refractivity contribution in [2.24, 2.45) is 5.10 Å². The number of fused-ring (bicyclic) bond motifs is 1. The summed E-state index contributed by atoms with van der Waals surface area (Å²) in [5.41, 5.74) is 1.72. The molecule has 184 valence electrons. The quantitative estimate of drug-likeness (QED) is 0.218. The molecule has 1 N–H and O–H groups in total. The van der Waals surface area contributed by atoms with Crippen LogP contribution in [0.2, 0.25) is 5.02 Å². The zero-order chi connectivity index (χ0) is 25.8. The minimum Gasteiger partial charge on any atom is -0.487 e. The zero-order valence-corrected chi connectivity index (χ0v) is 23.0. The van der Waals surface area contributed by atoms with Gasteiger partial charge >= 0.3 is 5.97 Å². The minimum atomic E-state index is -1.01. The molecule has 3 aromatic carbocycles. The highest BCUT2D eigenvalue weighted by atomic mass is 79.9. The molecule has 10 heteroatoms. The molecule has 0 bridgehead atoms. The fourth-order valence-electron chi connectivity index (χ4n) is 3.60. The Morgan fingerprint density at radius 1 is 1.19 bits per heavy atom. The molecule has 7 nitrogen and oxygen atoms in total. The Morgan fingerprint density at radius 2 is 2.00 bits per heavy atom. The van der Waals surface area contributed by atoms with Gasteiger partial charge in [0, 0.05) is 21.5 Å². The van der Waals surface area contributed by atoms with E-state index in [0.717, 1.165) is 10.9 Å². The van der Waals surface area contributed by atoms with Crippen LogP contribution in [0.5, 0.6) is 5.75 Å². The van der Waals surface area contributed by atoms with Crippen molar-refractivity contribution in [2.45, 2.75) is 26.4 Å². The molecular weight excluding hydrogens is 614 g/mol. The Labute approximate surface area is 228 Å². The molecule has 0 radical (unpaired) electrons. The summed E-state index contributed by atoms with van der Waals surface area (Å²) in [5.74, 6) is -0.0187. The number of carbonyl (C=O) groups is 1. The lowest BCUT2D eigenvalue weighted by Gasteiger charge is -2.13. The lowest BCUT2D eigenvalue weighted by molar-refractivity contribution is 0.0696. The number of carboxylic acid groups (broad SMARTS) is 1. The highest BCUT2D eigenvalue weighted by molar-refractivity contribution is 9.10. The van der Waals surface area contributed by atoms with Gasteiger partial charge in [-0.3, -0.25) is 4.79 Å². The normalized spacial score (nSPS) is 11.3. The van der Waals surface area contributed by atoms with E-state index >= 15 is 0 Å². The average Bonchev–Trinajstić information content (AvgIpc) is 2.84. The molecule has 0 spiro atoms. The number of aromatic nitrogens is 2. The van der Waals surface area contributed by atoms with Crippen LogP contribution in [0.3, 0.4) is 0 Å². The second kappa shape index (κ2) is 11.4. The molecular formula is C26H20Br2ClN3O4. The van der Waals surface area contributed by atoms with Gasteiger partial charge < -0.3 is 9.84 Å². The molecule has 4 rings (SSSR count). The van der Waals surface area contributed by atoms with E-state index in [0.29, 0.717) is 49.5 Å². The predicted molar refractivity (Wildman–Crippen MR) is 148 cm³/mol. The predicted octanol–water partition coefficient (Wildman–Crippen LogP) is 6.69. The molecule has 36 heavy (non-hydrogen) atoms. The molecule has 1 aromatic heterocycles. The van der Waals surface area contributed by atoms with Gasteiger partial charge in [-0.15, -0.1) is 0 Å². The van der Waals surface area contributed by atoms with Crippen LogP contribution in [0.15, 0.2) is 73.4 Å². The monoisotopic (exact) mass is 631 g/mol.